The summed E-state index contributed by atoms with van der Waals surface area (Å²) >= 11 is 6.02. The van der Waals surface area contributed by atoms with E-state index in [4.69, 9.17) is 21.1 Å². The highest BCUT2D eigenvalue weighted by Crippen LogP contribution is 2.40. The SMILES string of the molecule is COc1ccc(Cl)cc1S(=O)(=O)N1C[C@H]2C[C@@H](NC(C)=O)[C@H](OC)C[C@H]2C1. The smallest absolute Gasteiger partial charge is 0.246 e. The van der Waals surface area contributed by atoms with Gasteiger partial charge in [0.1, 0.15) is 10.6 Å². The number of carbonyl (C=O) groups is 1. The van der Waals surface area contributed by atoms with E-state index in [1.165, 1.54) is 24.4 Å². The molecule has 2 fully saturated rings. The van der Waals surface area contributed by atoms with Crippen LogP contribution in [0, 0.1) is 11.8 Å². The Hall–Kier alpha value is -1.35. The number of halogens is 1. The van der Waals surface area contributed by atoms with Gasteiger partial charge in [0.05, 0.1) is 19.3 Å². The predicted octanol–water partition coefficient (Wildman–Crippen LogP) is 1.90. The lowest BCUT2D eigenvalue weighted by molar-refractivity contribution is -0.121. The largest absolute Gasteiger partial charge is 0.495 e. The number of nitrogens with one attached hydrogen (secondary N) is 1. The van der Waals surface area contributed by atoms with Crippen molar-refractivity contribution in [2.75, 3.05) is 27.3 Å². The molecule has 3 rings (SSSR count). The standard InChI is InChI=1S/C18H25ClN2O5S/c1-11(22)20-15-6-12-9-21(10-13(12)7-17(15)26-3)27(23,24)18-8-14(19)4-5-16(18)25-2/h4-5,8,12-13,15,17H,6-7,9-10H2,1-3H3,(H,20,22)/t12-,13+,15-,17-/m1/s1. The molecule has 1 aromatic carbocycles. The Morgan fingerprint density at radius 2 is 1.89 bits per heavy atom. The minimum Gasteiger partial charge on any atom is -0.495 e. The highest BCUT2D eigenvalue weighted by atomic mass is 35.5. The highest BCUT2D eigenvalue weighted by molar-refractivity contribution is 7.89. The van der Waals surface area contributed by atoms with Gasteiger partial charge in [-0.3, -0.25) is 4.79 Å². The summed E-state index contributed by atoms with van der Waals surface area (Å²) in [5, 5.41) is 3.28. The van der Waals surface area contributed by atoms with Crippen molar-refractivity contribution in [3.8, 4) is 5.75 Å². The lowest BCUT2D eigenvalue weighted by Gasteiger charge is -2.37. The van der Waals surface area contributed by atoms with Gasteiger partial charge in [-0.05, 0) is 42.9 Å². The van der Waals surface area contributed by atoms with Crippen LogP contribution in [-0.4, -0.2) is 58.1 Å². The minimum absolute atomic E-state index is 0.0813. The zero-order valence-corrected chi connectivity index (χ0v) is 17.2. The zero-order valence-electron chi connectivity index (χ0n) is 15.6. The lowest BCUT2D eigenvalue weighted by atomic mass is 9.77. The summed E-state index contributed by atoms with van der Waals surface area (Å²) in [5.74, 6) is 0.542. The molecule has 0 radical (unpaired) electrons. The van der Waals surface area contributed by atoms with Crippen molar-refractivity contribution >= 4 is 27.5 Å². The number of hydrogen-bond donors (Lipinski definition) is 1. The van der Waals surface area contributed by atoms with Crippen molar-refractivity contribution in [1.82, 2.24) is 9.62 Å². The number of amides is 1. The molecular formula is C18H25ClN2O5S. The van der Waals surface area contributed by atoms with Crippen LogP contribution in [0.4, 0.5) is 0 Å². The average Bonchev–Trinajstić information content (AvgIpc) is 3.04. The fraction of sp³-hybridized carbons (Fsp3) is 0.611. The number of methoxy groups -OCH3 is 2. The van der Waals surface area contributed by atoms with Crippen LogP contribution in [-0.2, 0) is 19.6 Å². The van der Waals surface area contributed by atoms with Crippen LogP contribution in [0.1, 0.15) is 19.8 Å². The first kappa shape index (κ1) is 20.4. The van der Waals surface area contributed by atoms with E-state index in [0.29, 0.717) is 31.0 Å². The Balaban J connectivity index is 1.83. The highest BCUT2D eigenvalue weighted by Gasteiger charge is 2.46. The molecule has 1 aliphatic carbocycles. The fourth-order valence-electron chi connectivity index (χ4n) is 4.23. The molecule has 150 valence electrons. The van der Waals surface area contributed by atoms with Crippen LogP contribution in [0.3, 0.4) is 0 Å². The summed E-state index contributed by atoms with van der Waals surface area (Å²) in [6.07, 6.45) is 1.30. The maximum Gasteiger partial charge on any atom is 0.246 e. The first-order chi connectivity index (χ1) is 12.8. The van der Waals surface area contributed by atoms with Crippen molar-refractivity contribution in [3.05, 3.63) is 23.2 Å². The first-order valence-corrected chi connectivity index (χ1v) is 10.7. The fourth-order valence-corrected chi connectivity index (χ4v) is 6.20. The van der Waals surface area contributed by atoms with Crippen LogP contribution >= 0.6 is 11.6 Å². The number of hydrogen-bond acceptors (Lipinski definition) is 5. The maximum atomic E-state index is 13.2. The number of ether oxygens (including phenoxy) is 2. The van der Waals surface area contributed by atoms with Gasteiger partial charge in [0.25, 0.3) is 0 Å². The average molecular weight is 417 g/mol. The van der Waals surface area contributed by atoms with Crippen LogP contribution in [0.25, 0.3) is 0 Å². The third kappa shape index (κ3) is 4.08. The monoisotopic (exact) mass is 416 g/mol. The molecule has 4 atom stereocenters. The van der Waals surface area contributed by atoms with E-state index < -0.39 is 10.0 Å². The van der Waals surface area contributed by atoms with Crippen molar-refractivity contribution in [1.29, 1.82) is 0 Å². The molecule has 0 aromatic heterocycles. The summed E-state index contributed by atoms with van der Waals surface area (Å²) in [7, 11) is -0.668. The Labute approximate surface area is 165 Å². The molecule has 1 saturated heterocycles. The maximum absolute atomic E-state index is 13.2. The Morgan fingerprint density at radius 3 is 2.48 bits per heavy atom. The Bertz CT molecular complexity index is 816. The number of sulfonamides is 1. The second-order valence-electron chi connectivity index (χ2n) is 7.19. The number of nitrogens with zero attached hydrogens (tertiary/aromatic N) is 1. The predicted molar refractivity (Wildman–Crippen MR) is 101 cm³/mol. The topological polar surface area (TPSA) is 84.9 Å². The zero-order chi connectivity index (χ0) is 19.8. The summed E-state index contributed by atoms with van der Waals surface area (Å²) in [5.41, 5.74) is 0. The Morgan fingerprint density at radius 1 is 1.22 bits per heavy atom. The minimum atomic E-state index is -3.73. The quantitative estimate of drug-likeness (QED) is 0.792. The van der Waals surface area contributed by atoms with Gasteiger partial charge in [-0.15, -0.1) is 0 Å². The molecule has 1 N–H and O–H groups in total. The van der Waals surface area contributed by atoms with Crippen LogP contribution in [0.15, 0.2) is 23.1 Å². The van der Waals surface area contributed by atoms with Gasteiger partial charge in [-0.2, -0.15) is 4.31 Å². The second-order valence-corrected chi connectivity index (χ2v) is 9.53. The number of benzene rings is 1. The molecule has 27 heavy (non-hydrogen) atoms. The number of fused-ring (bicyclic) bond motifs is 1. The first-order valence-electron chi connectivity index (χ1n) is 8.89. The molecule has 0 bridgehead atoms. The van der Waals surface area contributed by atoms with Gasteiger partial charge in [-0.25, -0.2) is 8.42 Å². The van der Waals surface area contributed by atoms with Gasteiger partial charge in [0.2, 0.25) is 15.9 Å². The molecule has 0 unspecified atom stereocenters. The summed E-state index contributed by atoms with van der Waals surface area (Å²) in [4.78, 5) is 11.6. The van der Waals surface area contributed by atoms with Crippen molar-refractivity contribution in [2.45, 2.75) is 36.8 Å². The van der Waals surface area contributed by atoms with E-state index in [9.17, 15) is 13.2 Å². The summed E-state index contributed by atoms with van der Waals surface area (Å²) in [6, 6.07) is 4.49. The normalized spacial score (nSPS) is 28.6. The van der Waals surface area contributed by atoms with E-state index in [2.05, 4.69) is 5.32 Å². The molecule has 7 nitrogen and oxygen atoms in total. The molecule has 9 heteroatoms. The molecule has 1 aromatic rings. The van der Waals surface area contributed by atoms with Crippen LogP contribution in [0.2, 0.25) is 5.02 Å². The second kappa shape index (κ2) is 7.95. The summed E-state index contributed by atoms with van der Waals surface area (Å²) in [6.45, 7) is 2.32. The van der Waals surface area contributed by atoms with Gasteiger partial charge in [-0.1, -0.05) is 11.6 Å². The van der Waals surface area contributed by atoms with Crippen molar-refractivity contribution < 1.29 is 22.7 Å². The van der Waals surface area contributed by atoms with Crippen LogP contribution < -0.4 is 10.1 Å². The number of rotatable bonds is 5. The Kier molecular flexibility index (Phi) is 6.00. The van der Waals surface area contributed by atoms with Crippen molar-refractivity contribution in [2.24, 2.45) is 11.8 Å². The number of carbonyl (C=O) groups excluding carboxylic acids is 1. The molecule has 1 saturated carbocycles. The third-order valence-corrected chi connectivity index (χ3v) is 7.61. The van der Waals surface area contributed by atoms with Crippen molar-refractivity contribution in [3.63, 3.8) is 0 Å². The molecule has 0 spiro atoms. The van der Waals surface area contributed by atoms with E-state index in [-0.39, 0.29) is 40.5 Å². The van der Waals surface area contributed by atoms with E-state index in [0.717, 1.165) is 0 Å². The summed E-state index contributed by atoms with van der Waals surface area (Å²) < 4.78 is 38.7. The van der Waals surface area contributed by atoms with Gasteiger partial charge < -0.3 is 14.8 Å². The molecule has 1 amide bonds. The molecule has 2 aliphatic rings. The van der Waals surface area contributed by atoms with Gasteiger partial charge in [0.15, 0.2) is 0 Å². The molecule has 1 aliphatic heterocycles. The van der Waals surface area contributed by atoms with Crippen LogP contribution in [0.5, 0.6) is 5.75 Å². The van der Waals surface area contributed by atoms with Gasteiger partial charge >= 0.3 is 0 Å². The third-order valence-electron chi connectivity index (χ3n) is 5.52. The van der Waals surface area contributed by atoms with E-state index in [1.54, 1.807) is 19.2 Å². The molecule has 1 heterocycles. The van der Waals surface area contributed by atoms with Gasteiger partial charge in [0, 0.05) is 32.1 Å². The van der Waals surface area contributed by atoms with E-state index in [1.807, 2.05) is 0 Å². The van der Waals surface area contributed by atoms with E-state index >= 15 is 0 Å². The molecular weight excluding hydrogens is 392 g/mol. The lowest BCUT2D eigenvalue weighted by Crippen LogP contribution is -2.49.